The van der Waals surface area contributed by atoms with Gasteiger partial charge in [0, 0.05) is 38.8 Å². The van der Waals surface area contributed by atoms with Crippen LogP contribution < -0.4 is 4.74 Å². The van der Waals surface area contributed by atoms with Crippen LogP contribution in [0.15, 0.2) is 34.9 Å². The number of ether oxygens (including phenoxy) is 1. The van der Waals surface area contributed by atoms with Crippen molar-refractivity contribution >= 4 is 0 Å². The van der Waals surface area contributed by atoms with Gasteiger partial charge in [-0.1, -0.05) is 37.2 Å². The van der Waals surface area contributed by atoms with Gasteiger partial charge in [0.1, 0.15) is 18.5 Å². The molecule has 1 aliphatic heterocycles. The van der Waals surface area contributed by atoms with Crippen molar-refractivity contribution in [2.24, 2.45) is 0 Å². The molecule has 6 heteroatoms. The van der Waals surface area contributed by atoms with E-state index in [0.29, 0.717) is 19.1 Å². The van der Waals surface area contributed by atoms with Gasteiger partial charge in [0.25, 0.3) is 0 Å². The second-order valence-electron chi connectivity index (χ2n) is 7.67. The molecule has 1 aromatic carbocycles. The predicted octanol–water partition coefficient (Wildman–Crippen LogP) is 2.66. The number of aliphatic hydroxyl groups is 1. The molecule has 1 aromatic heterocycles. The number of rotatable bonds is 8. The van der Waals surface area contributed by atoms with Crippen LogP contribution in [-0.4, -0.2) is 65.5 Å². The predicted molar refractivity (Wildman–Crippen MR) is 105 cm³/mol. The number of para-hydroxylation sites is 1. The highest BCUT2D eigenvalue weighted by molar-refractivity contribution is 5.35. The highest BCUT2D eigenvalue weighted by Gasteiger charge is 2.21. The summed E-state index contributed by atoms with van der Waals surface area (Å²) < 4.78 is 11.2. The fourth-order valence-corrected chi connectivity index (χ4v) is 3.47. The summed E-state index contributed by atoms with van der Waals surface area (Å²) in [6, 6.07) is 10.1. The number of hydrogen-bond donors (Lipinski definition) is 1. The van der Waals surface area contributed by atoms with Crippen LogP contribution in [0.2, 0.25) is 0 Å². The summed E-state index contributed by atoms with van der Waals surface area (Å²) in [6.07, 6.45) is -0.492. The van der Waals surface area contributed by atoms with Gasteiger partial charge in [-0.15, -0.1) is 0 Å². The van der Waals surface area contributed by atoms with E-state index in [-0.39, 0.29) is 0 Å². The minimum Gasteiger partial charge on any atom is -0.491 e. The molecule has 1 aliphatic rings. The lowest BCUT2D eigenvalue weighted by atomic mass is 10.0. The average Bonchev–Trinajstić information content (AvgIpc) is 3.06. The Kier molecular flexibility index (Phi) is 6.88. The molecule has 148 valence electrons. The topological polar surface area (TPSA) is 62.0 Å². The van der Waals surface area contributed by atoms with Gasteiger partial charge >= 0.3 is 0 Å². The first kappa shape index (κ1) is 19.9. The van der Waals surface area contributed by atoms with Crippen LogP contribution in [0.5, 0.6) is 5.75 Å². The third-order valence-electron chi connectivity index (χ3n) is 4.96. The fraction of sp³-hybridized carbons (Fsp3) is 0.571. The Morgan fingerprint density at radius 2 is 1.85 bits per heavy atom. The SMILES string of the molecule is Cc1cc(CN2CCN(CC(O)COc3ccccc3C(C)C)CC2)on1. The summed E-state index contributed by atoms with van der Waals surface area (Å²) in [6.45, 7) is 11.8. The summed E-state index contributed by atoms with van der Waals surface area (Å²) in [7, 11) is 0. The molecule has 1 unspecified atom stereocenters. The number of aryl methyl sites for hydroxylation is 1. The largest absolute Gasteiger partial charge is 0.491 e. The minimum atomic E-state index is -0.492. The maximum Gasteiger partial charge on any atom is 0.150 e. The van der Waals surface area contributed by atoms with E-state index in [2.05, 4.69) is 34.9 Å². The number of benzene rings is 1. The minimum absolute atomic E-state index is 0.321. The van der Waals surface area contributed by atoms with E-state index < -0.39 is 6.10 Å². The molecule has 2 heterocycles. The van der Waals surface area contributed by atoms with Crippen LogP contribution in [0.1, 0.15) is 36.8 Å². The third kappa shape index (κ3) is 5.79. The van der Waals surface area contributed by atoms with Crippen LogP contribution in [-0.2, 0) is 6.54 Å². The lowest BCUT2D eigenvalue weighted by molar-refractivity contribution is 0.0427. The molecule has 0 radical (unpaired) electrons. The van der Waals surface area contributed by atoms with Crippen molar-refractivity contribution in [3.8, 4) is 5.75 Å². The number of hydrogen-bond acceptors (Lipinski definition) is 6. The molecule has 0 bridgehead atoms. The quantitative estimate of drug-likeness (QED) is 0.768. The van der Waals surface area contributed by atoms with E-state index in [1.54, 1.807) is 0 Å². The average molecular weight is 373 g/mol. The Labute approximate surface area is 161 Å². The summed E-state index contributed by atoms with van der Waals surface area (Å²) in [5, 5.41) is 14.3. The van der Waals surface area contributed by atoms with Crippen LogP contribution in [0.3, 0.4) is 0 Å². The van der Waals surface area contributed by atoms with E-state index in [1.807, 2.05) is 31.2 Å². The van der Waals surface area contributed by atoms with Gasteiger partial charge in [0.05, 0.1) is 12.2 Å². The molecule has 6 nitrogen and oxygen atoms in total. The fourth-order valence-electron chi connectivity index (χ4n) is 3.47. The van der Waals surface area contributed by atoms with Crippen molar-refractivity contribution in [2.45, 2.75) is 39.3 Å². The number of nitrogens with zero attached hydrogens (tertiary/aromatic N) is 3. The van der Waals surface area contributed by atoms with Gasteiger partial charge in [-0.2, -0.15) is 0 Å². The van der Waals surface area contributed by atoms with Gasteiger partial charge in [-0.3, -0.25) is 9.80 Å². The Bertz CT molecular complexity index is 708. The molecule has 0 amide bonds. The molecule has 2 aromatic rings. The maximum absolute atomic E-state index is 10.4. The molecule has 1 atom stereocenters. The summed E-state index contributed by atoms with van der Waals surface area (Å²) in [5.74, 6) is 2.19. The normalized spacial score (nSPS) is 17.4. The molecule has 3 rings (SSSR count). The summed E-state index contributed by atoms with van der Waals surface area (Å²) >= 11 is 0. The first-order chi connectivity index (χ1) is 13.0. The summed E-state index contributed by atoms with van der Waals surface area (Å²) in [5.41, 5.74) is 2.10. The van der Waals surface area contributed by atoms with Gasteiger partial charge in [-0.25, -0.2) is 0 Å². The molecular weight excluding hydrogens is 342 g/mol. The van der Waals surface area contributed by atoms with Crippen LogP contribution in [0.25, 0.3) is 0 Å². The van der Waals surface area contributed by atoms with Gasteiger partial charge < -0.3 is 14.4 Å². The smallest absolute Gasteiger partial charge is 0.150 e. The van der Waals surface area contributed by atoms with Crippen LogP contribution in [0.4, 0.5) is 0 Å². The van der Waals surface area contributed by atoms with Crippen LogP contribution >= 0.6 is 0 Å². The Morgan fingerprint density at radius 1 is 1.15 bits per heavy atom. The van der Waals surface area contributed by atoms with E-state index >= 15 is 0 Å². The second-order valence-corrected chi connectivity index (χ2v) is 7.67. The van der Waals surface area contributed by atoms with Crippen molar-refractivity contribution < 1.29 is 14.4 Å². The van der Waals surface area contributed by atoms with E-state index in [4.69, 9.17) is 9.26 Å². The zero-order valence-corrected chi connectivity index (χ0v) is 16.6. The van der Waals surface area contributed by atoms with Crippen molar-refractivity contribution in [1.82, 2.24) is 15.0 Å². The number of β-amino-alcohol motifs (C(OH)–C–C–N with tert-alkyl or cyclic N) is 1. The molecule has 1 fully saturated rings. The highest BCUT2D eigenvalue weighted by atomic mass is 16.5. The second kappa shape index (κ2) is 9.35. The molecular formula is C21H31N3O3. The zero-order valence-electron chi connectivity index (χ0n) is 16.6. The molecule has 0 aliphatic carbocycles. The first-order valence-electron chi connectivity index (χ1n) is 9.78. The number of piperazine rings is 1. The van der Waals surface area contributed by atoms with Crippen molar-refractivity contribution in [1.29, 1.82) is 0 Å². The maximum atomic E-state index is 10.4. The molecule has 0 saturated carbocycles. The Balaban J connectivity index is 1.40. The zero-order chi connectivity index (χ0) is 19.2. The standard InChI is InChI=1S/C21H31N3O3/c1-16(2)20-6-4-5-7-21(20)26-15-18(25)13-23-8-10-24(11-9-23)14-19-12-17(3)22-27-19/h4-7,12,16,18,25H,8-11,13-15H2,1-3H3. The number of aliphatic hydroxyl groups excluding tert-OH is 1. The van der Waals surface area contributed by atoms with Gasteiger partial charge in [0.2, 0.25) is 0 Å². The van der Waals surface area contributed by atoms with Gasteiger partial charge in [-0.05, 0) is 24.5 Å². The van der Waals surface area contributed by atoms with E-state index in [0.717, 1.165) is 49.9 Å². The lowest BCUT2D eigenvalue weighted by Gasteiger charge is -2.35. The molecule has 1 N–H and O–H groups in total. The third-order valence-corrected chi connectivity index (χ3v) is 4.96. The van der Waals surface area contributed by atoms with Crippen LogP contribution in [0, 0.1) is 6.92 Å². The Hall–Kier alpha value is -1.89. The molecule has 27 heavy (non-hydrogen) atoms. The highest BCUT2D eigenvalue weighted by Crippen LogP contribution is 2.25. The first-order valence-corrected chi connectivity index (χ1v) is 9.78. The molecule has 1 saturated heterocycles. The summed E-state index contributed by atoms with van der Waals surface area (Å²) in [4.78, 5) is 4.66. The van der Waals surface area contributed by atoms with E-state index in [9.17, 15) is 5.11 Å². The molecule has 0 spiro atoms. The van der Waals surface area contributed by atoms with Crippen molar-refractivity contribution in [2.75, 3.05) is 39.3 Å². The van der Waals surface area contributed by atoms with E-state index in [1.165, 1.54) is 5.56 Å². The van der Waals surface area contributed by atoms with Crippen molar-refractivity contribution in [3.63, 3.8) is 0 Å². The van der Waals surface area contributed by atoms with Crippen molar-refractivity contribution in [3.05, 3.63) is 47.3 Å². The number of aromatic nitrogens is 1. The lowest BCUT2D eigenvalue weighted by Crippen LogP contribution is -2.48. The van der Waals surface area contributed by atoms with Gasteiger partial charge in [0.15, 0.2) is 5.76 Å². The monoisotopic (exact) mass is 373 g/mol. The Morgan fingerprint density at radius 3 is 2.52 bits per heavy atom.